The summed E-state index contributed by atoms with van der Waals surface area (Å²) < 4.78 is 13.2. The quantitative estimate of drug-likeness (QED) is 0.818. The van der Waals surface area contributed by atoms with E-state index in [0.29, 0.717) is 17.9 Å². The number of likely N-dealkylation sites (N-methyl/N-ethyl adjacent to an activating group) is 1. The molecule has 5 heteroatoms. The van der Waals surface area contributed by atoms with Crippen molar-refractivity contribution in [3.63, 3.8) is 0 Å². The van der Waals surface area contributed by atoms with Gasteiger partial charge in [0, 0.05) is 18.5 Å². The summed E-state index contributed by atoms with van der Waals surface area (Å²) in [4.78, 5) is 9.59. The Kier molecular flexibility index (Phi) is 3.49. The Labute approximate surface area is 99.5 Å². The number of hydrogen-bond donors (Lipinski definition) is 1. The molecule has 1 heterocycles. The van der Waals surface area contributed by atoms with Crippen molar-refractivity contribution >= 4 is 16.7 Å². The molecule has 0 atom stereocenters. The largest absolute Gasteiger partial charge is 0.368 e. The second kappa shape index (κ2) is 5.05. The van der Waals surface area contributed by atoms with Crippen molar-refractivity contribution in [1.29, 1.82) is 0 Å². The van der Waals surface area contributed by atoms with Crippen molar-refractivity contribution in [2.75, 3.05) is 32.5 Å². The van der Waals surface area contributed by atoms with E-state index < -0.39 is 6.08 Å². The summed E-state index contributed by atoms with van der Waals surface area (Å²) in [6, 6.07) is 7.38. The van der Waals surface area contributed by atoms with Crippen molar-refractivity contribution in [2.24, 2.45) is 0 Å². The Morgan fingerprint density at radius 1 is 1.24 bits per heavy atom. The summed E-state index contributed by atoms with van der Waals surface area (Å²) in [5, 5.41) is 3.97. The van der Waals surface area contributed by atoms with Crippen LogP contribution in [0.2, 0.25) is 0 Å². The standard InChI is InChI=1S/C12H15FN4/c1-17(2)8-7-14-11-9-5-3-4-6-10(9)15-12(13)16-11/h3-6H,7-8H2,1-2H3,(H,14,15,16). The molecule has 2 rings (SSSR count). The SMILES string of the molecule is CN(C)CCNc1nc(F)nc2ccccc12. The van der Waals surface area contributed by atoms with Gasteiger partial charge in [-0.3, -0.25) is 0 Å². The number of nitrogens with zero attached hydrogens (tertiary/aromatic N) is 3. The second-order valence-corrected chi connectivity index (χ2v) is 4.09. The van der Waals surface area contributed by atoms with Crippen LogP contribution in [0, 0.1) is 6.08 Å². The number of anilines is 1. The van der Waals surface area contributed by atoms with Crippen LogP contribution in [0.3, 0.4) is 0 Å². The van der Waals surface area contributed by atoms with Crippen LogP contribution in [0.4, 0.5) is 10.2 Å². The lowest BCUT2D eigenvalue weighted by atomic mass is 10.2. The average Bonchev–Trinajstić information content (AvgIpc) is 2.28. The number of fused-ring (bicyclic) bond motifs is 1. The van der Waals surface area contributed by atoms with Gasteiger partial charge in [-0.05, 0) is 26.2 Å². The van der Waals surface area contributed by atoms with Gasteiger partial charge in [0.25, 0.3) is 0 Å². The predicted molar refractivity (Wildman–Crippen MR) is 66.5 cm³/mol. The van der Waals surface area contributed by atoms with E-state index in [4.69, 9.17) is 0 Å². The first-order valence-corrected chi connectivity index (χ1v) is 5.47. The molecule has 0 radical (unpaired) electrons. The summed E-state index contributed by atoms with van der Waals surface area (Å²) in [5.74, 6) is 0.551. The zero-order valence-corrected chi connectivity index (χ0v) is 9.94. The van der Waals surface area contributed by atoms with Gasteiger partial charge in [0.2, 0.25) is 0 Å². The number of benzene rings is 1. The molecule has 0 fully saturated rings. The van der Waals surface area contributed by atoms with E-state index in [9.17, 15) is 4.39 Å². The molecular weight excluding hydrogens is 219 g/mol. The van der Waals surface area contributed by atoms with Gasteiger partial charge in [-0.15, -0.1) is 0 Å². The van der Waals surface area contributed by atoms with Gasteiger partial charge >= 0.3 is 6.08 Å². The van der Waals surface area contributed by atoms with E-state index >= 15 is 0 Å². The van der Waals surface area contributed by atoms with E-state index in [0.717, 1.165) is 11.9 Å². The Balaban J connectivity index is 2.26. The molecular formula is C12H15FN4. The molecule has 0 spiro atoms. The van der Waals surface area contributed by atoms with E-state index in [1.54, 1.807) is 6.07 Å². The summed E-state index contributed by atoms with van der Waals surface area (Å²) in [5.41, 5.74) is 0.618. The molecule has 0 saturated heterocycles. The maximum absolute atomic E-state index is 13.2. The van der Waals surface area contributed by atoms with Gasteiger partial charge in [0.15, 0.2) is 0 Å². The molecule has 1 aromatic heterocycles. The minimum absolute atomic E-state index is 0.551. The van der Waals surface area contributed by atoms with Crippen molar-refractivity contribution < 1.29 is 4.39 Å². The van der Waals surface area contributed by atoms with Crippen LogP contribution in [0.1, 0.15) is 0 Å². The first kappa shape index (κ1) is 11.7. The Morgan fingerprint density at radius 3 is 2.76 bits per heavy atom. The van der Waals surface area contributed by atoms with E-state index in [2.05, 4.69) is 15.3 Å². The van der Waals surface area contributed by atoms with Gasteiger partial charge < -0.3 is 10.2 Å². The molecule has 0 aliphatic carbocycles. The maximum atomic E-state index is 13.2. The van der Waals surface area contributed by atoms with Crippen molar-refractivity contribution in [2.45, 2.75) is 0 Å². The molecule has 0 saturated carbocycles. The highest BCUT2D eigenvalue weighted by Crippen LogP contribution is 2.19. The lowest BCUT2D eigenvalue weighted by Crippen LogP contribution is -2.21. The highest BCUT2D eigenvalue weighted by atomic mass is 19.1. The molecule has 0 unspecified atom stereocenters. The summed E-state index contributed by atoms with van der Waals surface area (Å²) in [7, 11) is 3.97. The van der Waals surface area contributed by atoms with Gasteiger partial charge in [0.05, 0.1) is 5.52 Å². The van der Waals surface area contributed by atoms with Gasteiger partial charge in [0.1, 0.15) is 5.82 Å². The van der Waals surface area contributed by atoms with Crippen LogP contribution >= 0.6 is 0 Å². The minimum atomic E-state index is -0.698. The molecule has 0 aliphatic rings. The third kappa shape index (κ3) is 2.88. The molecule has 4 nitrogen and oxygen atoms in total. The summed E-state index contributed by atoms with van der Waals surface area (Å²) in [6.07, 6.45) is -0.698. The van der Waals surface area contributed by atoms with Crippen molar-refractivity contribution in [1.82, 2.24) is 14.9 Å². The van der Waals surface area contributed by atoms with Gasteiger partial charge in [-0.2, -0.15) is 9.37 Å². The number of nitrogens with one attached hydrogen (secondary N) is 1. The molecule has 17 heavy (non-hydrogen) atoms. The predicted octanol–water partition coefficient (Wildman–Crippen LogP) is 1.74. The van der Waals surface area contributed by atoms with Crippen molar-refractivity contribution in [3.05, 3.63) is 30.3 Å². The lowest BCUT2D eigenvalue weighted by molar-refractivity contribution is 0.425. The zero-order valence-electron chi connectivity index (χ0n) is 9.94. The zero-order chi connectivity index (χ0) is 12.3. The number of halogens is 1. The van der Waals surface area contributed by atoms with E-state index in [1.807, 2.05) is 37.2 Å². The first-order chi connectivity index (χ1) is 8.16. The monoisotopic (exact) mass is 234 g/mol. The fourth-order valence-electron chi connectivity index (χ4n) is 1.58. The normalized spacial score (nSPS) is 11.1. The van der Waals surface area contributed by atoms with Gasteiger partial charge in [-0.1, -0.05) is 12.1 Å². The summed E-state index contributed by atoms with van der Waals surface area (Å²) in [6.45, 7) is 1.58. The topological polar surface area (TPSA) is 41.0 Å². The number of aromatic nitrogens is 2. The van der Waals surface area contributed by atoms with Gasteiger partial charge in [-0.25, -0.2) is 4.98 Å². The average molecular weight is 234 g/mol. The molecule has 0 bridgehead atoms. The number of rotatable bonds is 4. The van der Waals surface area contributed by atoms with Crippen LogP contribution in [0.15, 0.2) is 24.3 Å². The first-order valence-electron chi connectivity index (χ1n) is 5.47. The Morgan fingerprint density at radius 2 is 2.00 bits per heavy atom. The molecule has 1 aromatic carbocycles. The fourth-order valence-corrected chi connectivity index (χ4v) is 1.58. The highest BCUT2D eigenvalue weighted by Gasteiger charge is 2.06. The van der Waals surface area contributed by atoms with Crippen LogP contribution < -0.4 is 5.32 Å². The third-order valence-corrected chi connectivity index (χ3v) is 2.43. The second-order valence-electron chi connectivity index (χ2n) is 4.09. The van der Waals surface area contributed by atoms with Crippen LogP contribution in [0.5, 0.6) is 0 Å². The maximum Gasteiger partial charge on any atom is 0.311 e. The minimum Gasteiger partial charge on any atom is -0.368 e. The molecule has 90 valence electrons. The highest BCUT2D eigenvalue weighted by molar-refractivity contribution is 5.88. The molecule has 2 aromatic rings. The van der Waals surface area contributed by atoms with E-state index in [-0.39, 0.29) is 0 Å². The summed E-state index contributed by atoms with van der Waals surface area (Å²) >= 11 is 0. The Bertz CT molecular complexity index is 513. The molecule has 0 amide bonds. The fraction of sp³-hybridized carbons (Fsp3) is 0.333. The van der Waals surface area contributed by atoms with Crippen LogP contribution in [-0.4, -0.2) is 42.1 Å². The van der Waals surface area contributed by atoms with Crippen molar-refractivity contribution in [3.8, 4) is 0 Å². The smallest absolute Gasteiger partial charge is 0.311 e. The molecule has 0 aliphatic heterocycles. The molecule has 1 N–H and O–H groups in total. The lowest BCUT2D eigenvalue weighted by Gasteiger charge is -2.12. The van der Waals surface area contributed by atoms with E-state index in [1.165, 1.54) is 0 Å². The number of para-hydroxylation sites is 1. The Hall–Kier alpha value is -1.75. The van der Waals surface area contributed by atoms with Crippen LogP contribution in [-0.2, 0) is 0 Å². The number of hydrogen-bond acceptors (Lipinski definition) is 4. The van der Waals surface area contributed by atoms with Crippen LogP contribution in [0.25, 0.3) is 10.9 Å². The third-order valence-electron chi connectivity index (χ3n) is 2.43.